The standard InChI is InChI=1S/C19H19ClN2O3/c20-14-4-2-1-3-11(14)7-8-21-15(23)10-22-18(24)16-12-5-6-13(9-12)17(16)19(22)25/h1-6,12-13,16-17H,7-10H2,(H,21,23)/t12-,13-,16-,17-/m0/s1. The van der Waals surface area contributed by atoms with E-state index in [4.69, 9.17) is 11.6 Å². The van der Waals surface area contributed by atoms with Crippen molar-refractivity contribution in [2.24, 2.45) is 23.7 Å². The van der Waals surface area contributed by atoms with Gasteiger partial charge < -0.3 is 5.32 Å². The predicted octanol–water partition coefficient (Wildman–Crippen LogP) is 1.81. The highest BCUT2D eigenvalue weighted by Gasteiger charge is 2.59. The number of halogens is 1. The van der Waals surface area contributed by atoms with E-state index in [-0.39, 0.29) is 47.9 Å². The molecule has 2 aliphatic carbocycles. The Hall–Kier alpha value is -2.14. The smallest absolute Gasteiger partial charge is 0.240 e. The van der Waals surface area contributed by atoms with E-state index >= 15 is 0 Å². The number of nitrogens with zero attached hydrogens (tertiary/aromatic N) is 1. The predicted molar refractivity (Wildman–Crippen MR) is 92.6 cm³/mol. The number of carbonyl (C=O) groups is 3. The lowest BCUT2D eigenvalue weighted by Crippen LogP contribution is -2.42. The molecule has 1 aromatic rings. The molecule has 6 heteroatoms. The Bertz CT molecular complexity index is 746. The van der Waals surface area contributed by atoms with Crippen molar-refractivity contribution in [2.75, 3.05) is 13.1 Å². The van der Waals surface area contributed by atoms with Gasteiger partial charge in [0.05, 0.1) is 11.8 Å². The first kappa shape index (κ1) is 16.3. The fourth-order valence-corrected chi connectivity index (χ4v) is 4.59. The van der Waals surface area contributed by atoms with E-state index in [2.05, 4.69) is 5.32 Å². The van der Waals surface area contributed by atoms with Crippen molar-refractivity contribution in [1.29, 1.82) is 0 Å². The van der Waals surface area contributed by atoms with Crippen LogP contribution < -0.4 is 5.32 Å². The van der Waals surface area contributed by atoms with Gasteiger partial charge in [0.25, 0.3) is 0 Å². The second kappa shape index (κ2) is 6.30. The molecule has 1 heterocycles. The molecule has 1 N–H and O–H groups in total. The summed E-state index contributed by atoms with van der Waals surface area (Å²) >= 11 is 6.09. The number of allylic oxidation sites excluding steroid dienone is 2. The fourth-order valence-electron chi connectivity index (χ4n) is 4.36. The van der Waals surface area contributed by atoms with E-state index in [1.165, 1.54) is 0 Å². The molecule has 2 fully saturated rings. The van der Waals surface area contributed by atoms with Gasteiger partial charge in [-0.05, 0) is 36.3 Å². The van der Waals surface area contributed by atoms with E-state index in [0.29, 0.717) is 18.0 Å². The molecule has 130 valence electrons. The van der Waals surface area contributed by atoms with Crippen LogP contribution in [0.2, 0.25) is 5.02 Å². The van der Waals surface area contributed by atoms with Crippen LogP contribution in [0.5, 0.6) is 0 Å². The Balaban J connectivity index is 1.32. The molecule has 0 unspecified atom stereocenters. The number of hydrogen-bond acceptors (Lipinski definition) is 3. The number of rotatable bonds is 5. The van der Waals surface area contributed by atoms with Crippen molar-refractivity contribution in [3.8, 4) is 0 Å². The maximum atomic E-state index is 12.5. The molecule has 1 aromatic carbocycles. The molecule has 0 radical (unpaired) electrons. The lowest BCUT2D eigenvalue weighted by Gasteiger charge is -2.16. The van der Waals surface area contributed by atoms with Gasteiger partial charge in [-0.3, -0.25) is 19.3 Å². The van der Waals surface area contributed by atoms with E-state index in [9.17, 15) is 14.4 Å². The monoisotopic (exact) mass is 358 g/mol. The summed E-state index contributed by atoms with van der Waals surface area (Å²) in [7, 11) is 0. The molecule has 1 saturated carbocycles. The average Bonchev–Trinajstić information content (AvgIpc) is 3.27. The zero-order valence-electron chi connectivity index (χ0n) is 13.7. The molecule has 4 rings (SSSR count). The molecule has 2 bridgehead atoms. The minimum absolute atomic E-state index is 0.166. The molecule has 4 atom stereocenters. The van der Waals surface area contributed by atoms with Gasteiger partial charge in [-0.25, -0.2) is 0 Å². The van der Waals surface area contributed by atoms with Crippen LogP contribution in [0.3, 0.4) is 0 Å². The molecule has 0 spiro atoms. The first-order valence-electron chi connectivity index (χ1n) is 8.60. The van der Waals surface area contributed by atoms with E-state index in [0.717, 1.165) is 16.9 Å². The van der Waals surface area contributed by atoms with Crippen LogP contribution in [0.15, 0.2) is 36.4 Å². The zero-order valence-corrected chi connectivity index (χ0v) is 14.4. The second-order valence-corrected chi connectivity index (χ2v) is 7.36. The first-order chi connectivity index (χ1) is 12.1. The number of carbonyl (C=O) groups excluding carboxylic acids is 3. The van der Waals surface area contributed by atoms with Gasteiger partial charge in [-0.15, -0.1) is 0 Å². The SMILES string of the molecule is O=C(CN1C(=O)[C@@H]2[C@@H](C1=O)[C@H]1C=C[C@H]2C1)NCCc1ccccc1Cl. The summed E-state index contributed by atoms with van der Waals surface area (Å²) in [5.41, 5.74) is 0.954. The lowest BCUT2D eigenvalue weighted by molar-refractivity contribution is -0.144. The van der Waals surface area contributed by atoms with Gasteiger partial charge >= 0.3 is 0 Å². The normalized spacial score (nSPS) is 29.4. The number of nitrogens with one attached hydrogen (secondary N) is 1. The van der Waals surface area contributed by atoms with E-state index < -0.39 is 0 Å². The number of benzene rings is 1. The third-order valence-electron chi connectivity index (χ3n) is 5.54. The van der Waals surface area contributed by atoms with Crippen LogP contribution in [0.4, 0.5) is 0 Å². The number of imide groups is 1. The molecule has 3 aliphatic rings. The topological polar surface area (TPSA) is 66.5 Å². The van der Waals surface area contributed by atoms with Crippen molar-refractivity contribution < 1.29 is 14.4 Å². The third kappa shape index (κ3) is 2.76. The van der Waals surface area contributed by atoms with Crippen LogP contribution in [-0.2, 0) is 20.8 Å². The molecule has 25 heavy (non-hydrogen) atoms. The zero-order chi connectivity index (χ0) is 17.6. The largest absolute Gasteiger partial charge is 0.354 e. The summed E-state index contributed by atoms with van der Waals surface area (Å²) in [4.78, 5) is 38.4. The number of amides is 3. The highest BCUT2D eigenvalue weighted by Crippen LogP contribution is 2.52. The Morgan fingerprint density at radius 2 is 1.76 bits per heavy atom. The molecule has 5 nitrogen and oxygen atoms in total. The van der Waals surface area contributed by atoms with E-state index in [1.807, 2.05) is 30.4 Å². The van der Waals surface area contributed by atoms with Gasteiger partial charge in [-0.1, -0.05) is 42.0 Å². The number of likely N-dealkylation sites (tertiary alicyclic amines) is 1. The van der Waals surface area contributed by atoms with Crippen LogP contribution in [0.1, 0.15) is 12.0 Å². The highest BCUT2D eigenvalue weighted by atomic mass is 35.5. The Kier molecular flexibility index (Phi) is 4.12. The number of hydrogen-bond donors (Lipinski definition) is 1. The van der Waals surface area contributed by atoms with Crippen molar-refractivity contribution in [3.63, 3.8) is 0 Å². The second-order valence-electron chi connectivity index (χ2n) is 6.95. The molecule has 1 aliphatic heterocycles. The van der Waals surface area contributed by atoms with Crippen LogP contribution in [0, 0.1) is 23.7 Å². The quantitative estimate of drug-likeness (QED) is 0.644. The van der Waals surface area contributed by atoms with Crippen LogP contribution in [-0.4, -0.2) is 35.7 Å². The Morgan fingerprint density at radius 1 is 1.12 bits per heavy atom. The average molecular weight is 359 g/mol. The lowest BCUT2D eigenvalue weighted by atomic mass is 9.85. The van der Waals surface area contributed by atoms with Crippen LogP contribution >= 0.6 is 11.6 Å². The minimum Gasteiger partial charge on any atom is -0.354 e. The summed E-state index contributed by atoms with van der Waals surface area (Å²) in [5.74, 6) is -0.855. The van der Waals surface area contributed by atoms with Crippen molar-refractivity contribution in [3.05, 3.63) is 47.0 Å². The maximum Gasteiger partial charge on any atom is 0.240 e. The van der Waals surface area contributed by atoms with E-state index in [1.54, 1.807) is 6.07 Å². The van der Waals surface area contributed by atoms with Crippen molar-refractivity contribution >= 4 is 29.3 Å². The first-order valence-corrected chi connectivity index (χ1v) is 8.97. The molecule has 1 saturated heterocycles. The third-order valence-corrected chi connectivity index (χ3v) is 5.91. The maximum absolute atomic E-state index is 12.5. The van der Waals surface area contributed by atoms with Gasteiger partial charge in [0, 0.05) is 11.6 Å². The summed E-state index contributed by atoms with van der Waals surface area (Å²) in [6.45, 7) is 0.227. The minimum atomic E-state index is -0.311. The molecular weight excluding hydrogens is 340 g/mol. The van der Waals surface area contributed by atoms with Crippen molar-refractivity contribution in [1.82, 2.24) is 10.2 Å². The fraction of sp³-hybridized carbons (Fsp3) is 0.421. The number of fused-ring (bicyclic) bond motifs is 5. The summed E-state index contributed by atoms with van der Waals surface area (Å²) in [5, 5.41) is 3.44. The summed E-state index contributed by atoms with van der Waals surface area (Å²) in [6.07, 6.45) is 5.59. The summed E-state index contributed by atoms with van der Waals surface area (Å²) < 4.78 is 0. The summed E-state index contributed by atoms with van der Waals surface area (Å²) in [6, 6.07) is 7.47. The Morgan fingerprint density at radius 3 is 2.40 bits per heavy atom. The highest BCUT2D eigenvalue weighted by molar-refractivity contribution is 6.31. The molecular formula is C19H19ClN2O3. The van der Waals surface area contributed by atoms with Gasteiger partial charge in [0.2, 0.25) is 17.7 Å². The van der Waals surface area contributed by atoms with Gasteiger partial charge in [0.15, 0.2) is 0 Å². The van der Waals surface area contributed by atoms with Crippen LogP contribution in [0.25, 0.3) is 0 Å². The molecule has 0 aromatic heterocycles. The molecule has 3 amide bonds. The van der Waals surface area contributed by atoms with Crippen molar-refractivity contribution in [2.45, 2.75) is 12.8 Å². The van der Waals surface area contributed by atoms with Gasteiger partial charge in [-0.2, -0.15) is 0 Å². The Labute approximate surface area is 151 Å². The van der Waals surface area contributed by atoms with Gasteiger partial charge in [0.1, 0.15) is 6.54 Å².